The highest BCUT2D eigenvalue weighted by Gasteiger charge is 2.25. The highest BCUT2D eigenvalue weighted by molar-refractivity contribution is 6.08. The molecule has 1 aromatic carbocycles. The van der Waals surface area contributed by atoms with Crippen LogP contribution in [0.4, 0.5) is 0 Å². The van der Waals surface area contributed by atoms with Crippen molar-refractivity contribution in [3.8, 4) is 22.8 Å². The van der Waals surface area contributed by atoms with E-state index in [1.807, 2.05) is 18.2 Å². The van der Waals surface area contributed by atoms with Gasteiger partial charge in [0.1, 0.15) is 29.0 Å². The van der Waals surface area contributed by atoms with Gasteiger partial charge in [0, 0.05) is 23.8 Å². The van der Waals surface area contributed by atoms with Gasteiger partial charge in [-0.25, -0.2) is 9.97 Å². The predicted octanol–water partition coefficient (Wildman–Crippen LogP) is 3.42. The molecule has 2 fully saturated rings. The molecule has 2 aliphatic rings. The Morgan fingerprint density at radius 1 is 1.19 bits per heavy atom. The summed E-state index contributed by atoms with van der Waals surface area (Å²) in [6.45, 7) is 0.691. The van der Waals surface area contributed by atoms with Crippen molar-refractivity contribution in [2.45, 2.75) is 50.6 Å². The second-order valence-corrected chi connectivity index (χ2v) is 8.85. The van der Waals surface area contributed by atoms with E-state index in [2.05, 4.69) is 20.3 Å². The van der Waals surface area contributed by atoms with E-state index < -0.39 is 0 Å². The molecule has 32 heavy (non-hydrogen) atoms. The number of aromatic nitrogens is 3. The first-order valence-electron chi connectivity index (χ1n) is 11.3. The number of nitrogens with zero attached hydrogens (tertiary/aromatic N) is 2. The van der Waals surface area contributed by atoms with Crippen LogP contribution in [0, 0.1) is 5.92 Å². The van der Waals surface area contributed by atoms with Gasteiger partial charge >= 0.3 is 0 Å². The summed E-state index contributed by atoms with van der Waals surface area (Å²) in [5, 5.41) is 3.14. The molecule has 8 heteroatoms. The lowest BCUT2D eigenvalue weighted by Crippen LogP contribution is -2.40. The van der Waals surface area contributed by atoms with Crippen LogP contribution >= 0.6 is 0 Å². The third-order valence-corrected chi connectivity index (χ3v) is 6.43. The van der Waals surface area contributed by atoms with Gasteiger partial charge in [-0.15, -0.1) is 0 Å². The van der Waals surface area contributed by atoms with E-state index in [4.69, 9.17) is 15.2 Å². The van der Waals surface area contributed by atoms with Crippen LogP contribution in [-0.4, -0.2) is 46.7 Å². The van der Waals surface area contributed by atoms with E-state index in [1.54, 1.807) is 13.3 Å². The Morgan fingerprint density at radius 2 is 2.00 bits per heavy atom. The fourth-order valence-corrected chi connectivity index (χ4v) is 4.28. The molecular formula is C24H29N5O3. The molecule has 2 heterocycles. The van der Waals surface area contributed by atoms with Crippen LogP contribution in [0.25, 0.3) is 22.3 Å². The second-order valence-electron chi connectivity index (χ2n) is 8.85. The van der Waals surface area contributed by atoms with Gasteiger partial charge in [0.05, 0.1) is 24.8 Å². The Kier molecular flexibility index (Phi) is 5.70. The minimum Gasteiger partial charge on any atom is -0.497 e. The van der Waals surface area contributed by atoms with Crippen molar-refractivity contribution in [3.05, 3.63) is 36.3 Å². The Labute approximate surface area is 186 Å². The summed E-state index contributed by atoms with van der Waals surface area (Å²) in [5.74, 6) is 1.96. The number of amides is 1. The number of nitrogens with two attached hydrogens (primary N) is 1. The quantitative estimate of drug-likeness (QED) is 0.524. The number of fused-ring (bicyclic) bond motifs is 1. The van der Waals surface area contributed by atoms with Gasteiger partial charge in [-0.1, -0.05) is 0 Å². The molecule has 0 saturated heterocycles. The summed E-state index contributed by atoms with van der Waals surface area (Å²) in [7, 11) is 1.63. The largest absolute Gasteiger partial charge is 0.497 e. The van der Waals surface area contributed by atoms with E-state index in [9.17, 15) is 4.79 Å². The van der Waals surface area contributed by atoms with Crippen LogP contribution in [-0.2, 0) is 0 Å². The predicted molar refractivity (Wildman–Crippen MR) is 122 cm³/mol. The highest BCUT2D eigenvalue weighted by atomic mass is 16.5. The van der Waals surface area contributed by atoms with Crippen molar-refractivity contribution in [1.29, 1.82) is 0 Å². The normalized spacial score (nSPS) is 20.8. The summed E-state index contributed by atoms with van der Waals surface area (Å²) in [6, 6.07) is 6.10. The minimum absolute atomic E-state index is 0.128. The maximum Gasteiger partial charge on any atom is 0.255 e. The topological polar surface area (TPSA) is 115 Å². The highest BCUT2D eigenvalue weighted by Crippen LogP contribution is 2.37. The van der Waals surface area contributed by atoms with Gasteiger partial charge in [-0.3, -0.25) is 4.79 Å². The SMILES string of the molecule is COc1ccc(OCC2CC2)c(-c2ncnc3c(C(=O)N[C@H]4CC[C@@H](N)CC4)c[nH]c23)c1. The molecule has 168 valence electrons. The molecule has 0 unspecified atom stereocenters. The first kappa shape index (κ1) is 20.8. The van der Waals surface area contributed by atoms with Crippen LogP contribution in [0.2, 0.25) is 0 Å². The fraction of sp³-hybridized carbons (Fsp3) is 0.458. The molecule has 1 amide bonds. The zero-order valence-corrected chi connectivity index (χ0v) is 18.3. The van der Waals surface area contributed by atoms with Crippen molar-refractivity contribution in [2.24, 2.45) is 11.7 Å². The molecule has 0 bridgehead atoms. The molecule has 0 atom stereocenters. The summed E-state index contributed by atoms with van der Waals surface area (Å²) >= 11 is 0. The molecule has 2 saturated carbocycles. The number of hydrogen-bond donors (Lipinski definition) is 3. The van der Waals surface area contributed by atoms with Crippen LogP contribution in [0.15, 0.2) is 30.7 Å². The molecule has 5 rings (SSSR count). The van der Waals surface area contributed by atoms with Crippen molar-refractivity contribution in [2.75, 3.05) is 13.7 Å². The van der Waals surface area contributed by atoms with Crippen LogP contribution in [0.3, 0.4) is 0 Å². The number of hydrogen-bond acceptors (Lipinski definition) is 6. The zero-order valence-electron chi connectivity index (χ0n) is 18.3. The van der Waals surface area contributed by atoms with Crippen molar-refractivity contribution < 1.29 is 14.3 Å². The standard InChI is InChI=1S/C24H29N5O3/c1-31-17-8-9-20(32-12-14-2-3-14)18(10-17)21-23-22(28-13-27-21)19(11-26-23)24(30)29-16-6-4-15(25)5-7-16/h8-11,13-16,26H,2-7,12,25H2,1H3,(H,29,30)/t15-,16+. The molecule has 3 aromatic rings. The Morgan fingerprint density at radius 3 is 2.75 bits per heavy atom. The van der Waals surface area contributed by atoms with E-state index >= 15 is 0 Å². The number of nitrogens with one attached hydrogen (secondary N) is 2. The lowest BCUT2D eigenvalue weighted by Gasteiger charge is -2.26. The molecule has 0 radical (unpaired) electrons. The molecule has 0 spiro atoms. The van der Waals surface area contributed by atoms with E-state index in [-0.39, 0.29) is 18.0 Å². The lowest BCUT2D eigenvalue weighted by molar-refractivity contribution is 0.0927. The number of methoxy groups -OCH3 is 1. The third kappa shape index (κ3) is 4.27. The monoisotopic (exact) mass is 435 g/mol. The Hall–Kier alpha value is -3.13. The summed E-state index contributed by atoms with van der Waals surface area (Å²) in [5.41, 5.74) is 9.30. The van der Waals surface area contributed by atoms with E-state index in [1.165, 1.54) is 19.2 Å². The van der Waals surface area contributed by atoms with Crippen molar-refractivity contribution in [3.63, 3.8) is 0 Å². The van der Waals surface area contributed by atoms with Crippen LogP contribution in [0.1, 0.15) is 48.9 Å². The molecule has 0 aliphatic heterocycles. The summed E-state index contributed by atoms with van der Waals surface area (Å²) in [6.07, 6.45) is 9.30. The van der Waals surface area contributed by atoms with Crippen LogP contribution in [0.5, 0.6) is 11.5 Å². The van der Waals surface area contributed by atoms with Gasteiger partial charge in [0.15, 0.2) is 0 Å². The van der Waals surface area contributed by atoms with Gasteiger partial charge in [-0.05, 0) is 62.6 Å². The number of benzene rings is 1. The molecule has 2 aromatic heterocycles. The number of carbonyl (C=O) groups excluding carboxylic acids is 1. The maximum absolute atomic E-state index is 13.0. The van der Waals surface area contributed by atoms with Crippen molar-refractivity contribution in [1.82, 2.24) is 20.3 Å². The minimum atomic E-state index is -0.128. The van der Waals surface area contributed by atoms with Gasteiger partial charge in [0.2, 0.25) is 0 Å². The number of H-pyrrole nitrogens is 1. The fourth-order valence-electron chi connectivity index (χ4n) is 4.28. The van der Waals surface area contributed by atoms with Crippen molar-refractivity contribution >= 4 is 16.9 Å². The molecular weight excluding hydrogens is 406 g/mol. The molecule has 2 aliphatic carbocycles. The zero-order chi connectivity index (χ0) is 22.1. The average Bonchev–Trinajstić information content (AvgIpc) is 3.54. The molecule has 8 nitrogen and oxygen atoms in total. The first-order valence-corrected chi connectivity index (χ1v) is 11.3. The van der Waals surface area contributed by atoms with Gasteiger partial charge in [0.25, 0.3) is 5.91 Å². The first-order chi connectivity index (χ1) is 15.6. The second kappa shape index (κ2) is 8.78. The maximum atomic E-state index is 13.0. The number of rotatable bonds is 7. The number of ether oxygens (including phenoxy) is 2. The Balaban J connectivity index is 1.46. The van der Waals surface area contributed by atoms with Gasteiger partial charge < -0.3 is 25.5 Å². The van der Waals surface area contributed by atoms with Gasteiger partial charge in [-0.2, -0.15) is 0 Å². The smallest absolute Gasteiger partial charge is 0.255 e. The third-order valence-electron chi connectivity index (χ3n) is 6.43. The van der Waals surface area contributed by atoms with E-state index in [0.717, 1.165) is 37.0 Å². The average molecular weight is 436 g/mol. The summed E-state index contributed by atoms with van der Waals surface area (Å²) < 4.78 is 11.5. The summed E-state index contributed by atoms with van der Waals surface area (Å²) in [4.78, 5) is 25.2. The number of carbonyl (C=O) groups is 1. The Bertz CT molecular complexity index is 1120. The lowest BCUT2D eigenvalue weighted by atomic mass is 9.91. The van der Waals surface area contributed by atoms with E-state index in [0.29, 0.717) is 40.6 Å². The van der Waals surface area contributed by atoms with Crippen LogP contribution < -0.4 is 20.5 Å². The molecule has 4 N–H and O–H groups in total. The number of aromatic amines is 1.